The molecule has 5 nitrogen and oxygen atoms in total. The van der Waals surface area contributed by atoms with Crippen LogP contribution in [0.4, 0.5) is 11.4 Å². The number of thioether (sulfide) groups is 1. The molecule has 0 saturated carbocycles. The van der Waals surface area contributed by atoms with Crippen LogP contribution in [-0.2, 0) is 4.79 Å². The lowest BCUT2D eigenvalue weighted by Gasteiger charge is -2.23. The maximum atomic E-state index is 13.3. The molecule has 0 saturated heterocycles. The van der Waals surface area contributed by atoms with E-state index in [2.05, 4.69) is 6.07 Å². The Morgan fingerprint density at radius 1 is 0.912 bits per heavy atom. The fourth-order valence-corrected chi connectivity index (χ4v) is 4.40. The number of nitrogens with zero attached hydrogens (tertiary/aromatic N) is 3. The van der Waals surface area contributed by atoms with E-state index in [0.29, 0.717) is 22.8 Å². The summed E-state index contributed by atoms with van der Waals surface area (Å²) >= 11 is 1.42. The molecular formula is C28H23N3O2S. The molecule has 0 atom stereocenters. The number of nitriles is 1. The molecule has 168 valence electrons. The van der Waals surface area contributed by atoms with Gasteiger partial charge in [0.1, 0.15) is 16.8 Å². The second-order valence-electron chi connectivity index (χ2n) is 7.39. The van der Waals surface area contributed by atoms with Crippen LogP contribution in [0.3, 0.4) is 0 Å². The van der Waals surface area contributed by atoms with Crippen LogP contribution in [-0.4, -0.2) is 23.8 Å². The number of para-hydroxylation sites is 2. The molecule has 1 amide bonds. The lowest BCUT2D eigenvalue weighted by atomic mass is 10.1. The van der Waals surface area contributed by atoms with Crippen LogP contribution in [0.15, 0.2) is 102 Å². The van der Waals surface area contributed by atoms with E-state index in [1.807, 2.05) is 91.0 Å². The number of hydrogen-bond donors (Lipinski definition) is 0. The van der Waals surface area contributed by atoms with Crippen molar-refractivity contribution in [2.24, 2.45) is 0 Å². The van der Waals surface area contributed by atoms with Crippen LogP contribution >= 0.6 is 11.8 Å². The van der Waals surface area contributed by atoms with Crippen LogP contribution in [0.25, 0.3) is 11.3 Å². The normalized spacial score (nSPS) is 10.4. The molecule has 34 heavy (non-hydrogen) atoms. The SMILES string of the molecule is COc1ccc(-c2ccc(C#N)c(SCCC(=O)N(c3ccccc3)c3ccccc3)n2)cc1. The Hall–Kier alpha value is -4.08. The molecular weight excluding hydrogens is 442 g/mol. The molecule has 4 aromatic rings. The minimum Gasteiger partial charge on any atom is -0.497 e. The fourth-order valence-electron chi connectivity index (χ4n) is 3.50. The van der Waals surface area contributed by atoms with Gasteiger partial charge in [0.25, 0.3) is 0 Å². The summed E-state index contributed by atoms with van der Waals surface area (Å²) in [6.07, 6.45) is 0.299. The number of carbonyl (C=O) groups is 1. The Kier molecular flexibility index (Phi) is 7.59. The zero-order chi connectivity index (χ0) is 23.8. The number of ether oxygens (including phenoxy) is 1. The molecule has 0 aliphatic carbocycles. The predicted octanol–water partition coefficient (Wildman–Crippen LogP) is 6.48. The minimum absolute atomic E-state index is 0.0188. The molecule has 0 spiro atoms. The van der Waals surface area contributed by atoms with E-state index < -0.39 is 0 Å². The number of anilines is 2. The van der Waals surface area contributed by atoms with Gasteiger partial charge in [0.15, 0.2) is 0 Å². The zero-order valence-electron chi connectivity index (χ0n) is 18.7. The second-order valence-corrected chi connectivity index (χ2v) is 8.47. The summed E-state index contributed by atoms with van der Waals surface area (Å²) in [6.45, 7) is 0. The van der Waals surface area contributed by atoms with Gasteiger partial charge in [-0.2, -0.15) is 5.26 Å². The van der Waals surface area contributed by atoms with Gasteiger partial charge >= 0.3 is 0 Å². The summed E-state index contributed by atoms with van der Waals surface area (Å²) in [6, 6.07) is 32.7. The van der Waals surface area contributed by atoms with E-state index >= 15 is 0 Å². The third-order valence-electron chi connectivity index (χ3n) is 5.20. The Morgan fingerprint density at radius 3 is 2.09 bits per heavy atom. The summed E-state index contributed by atoms with van der Waals surface area (Å²) < 4.78 is 5.22. The molecule has 0 N–H and O–H groups in total. The van der Waals surface area contributed by atoms with Crippen molar-refractivity contribution in [2.45, 2.75) is 11.4 Å². The molecule has 4 rings (SSSR count). The van der Waals surface area contributed by atoms with Gasteiger partial charge in [-0.25, -0.2) is 4.98 Å². The van der Waals surface area contributed by atoms with Crippen LogP contribution in [0, 0.1) is 11.3 Å². The smallest absolute Gasteiger partial charge is 0.232 e. The Labute approximate surface area is 203 Å². The molecule has 0 aliphatic rings. The van der Waals surface area contributed by atoms with Gasteiger partial charge in [0.2, 0.25) is 5.91 Å². The molecule has 0 bridgehead atoms. The quantitative estimate of drug-likeness (QED) is 0.279. The van der Waals surface area contributed by atoms with Crippen LogP contribution < -0.4 is 9.64 Å². The number of pyridine rings is 1. The Bertz CT molecular complexity index is 1250. The highest BCUT2D eigenvalue weighted by molar-refractivity contribution is 7.99. The highest BCUT2D eigenvalue weighted by atomic mass is 32.2. The maximum absolute atomic E-state index is 13.3. The standard InChI is InChI=1S/C28H23N3O2S/c1-33-25-15-12-21(13-16-25)26-17-14-22(20-29)28(30-26)34-19-18-27(32)31(23-8-4-2-5-9-23)24-10-6-3-7-11-24/h2-17H,18-19H2,1H3. The summed E-state index contributed by atoms with van der Waals surface area (Å²) in [5, 5.41) is 10.2. The van der Waals surface area contributed by atoms with Gasteiger partial charge in [-0.05, 0) is 60.7 Å². The molecule has 0 radical (unpaired) electrons. The highest BCUT2D eigenvalue weighted by Crippen LogP contribution is 2.29. The van der Waals surface area contributed by atoms with E-state index in [0.717, 1.165) is 28.4 Å². The number of aromatic nitrogens is 1. The van der Waals surface area contributed by atoms with Gasteiger partial charge in [0.05, 0.1) is 18.4 Å². The van der Waals surface area contributed by atoms with Crippen molar-refractivity contribution in [1.29, 1.82) is 5.26 Å². The molecule has 0 fully saturated rings. The van der Waals surface area contributed by atoms with Crippen molar-refractivity contribution in [3.05, 3.63) is 103 Å². The summed E-state index contributed by atoms with van der Waals surface area (Å²) in [5.74, 6) is 1.25. The monoisotopic (exact) mass is 465 g/mol. The average molecular weight is 466 g/mol. The fraction of sp³-hybridized carbons (Fsp3) is 0.107. The zero-order valence-corrected chi connectivity index (χ0v) is 19.5. The van der Waals surface area contributed by atoms with E-state index in [1.54, 1.807) is 18.1 Å². The molecule has 3 aromatic carbocycles. The Balaban J connectivity index is 1.50. The van der Waals surface area contributed by atoms with Crippen LogP contribution in [0.5, 0.6) is 5.75 Å². The summed E-state index contributed by atoms with van der Waals surface area (Å²) in [5.41, 5.74) is 3.84. The van der Waals surface area contributed by atoms with Crippen molar-refractivity contribution in [2.75, 3.05) is 17.8 Å². The van der Waals surface area contributed by atoms with Crippen molar-refractivity contribution in [1.82, 2.24) is 4.98 Å². The number of carbonyl (C=O) groups excluding carboxylic acids is 1. The largest absolute Gasteiger partial charge is 0.497 e. The molecule has 1 heterocycles. The van der Waals surface area contributed by atoms with Crippen molar-refractivity contribution < 1.29 is 9.53 Å². The van der Waals surface area contributed by atoms with Crippen LogP contribution in [0.2, 0.25) is 0 Å². The van der Waals surface area contributed by atoms with Gasteiger partial charge in [-0.3, -0.25) is 9.69 Å². The summed E-state index contributed by atoms with van der Waals surface area (Å²) in [4.78, 5) is 19.7. The number of methoxy groups -OCH3 is 1. The van der Waals surface area contributed by atoms with E-state index in [1.165, 1.54) is 11.8 Å². The van der Waals surface area contributed by atoms with Crippen molar-refractivity contribution in [3.8, 4) is 23.1 Å². The lowest BCUT2D eigenvalue weighted by molar-refractivity contribution is -0.117. The van der Waals surface area contributed by atoms with E-state index in [-0.39, 0.29) is 5.91 Å². The average Bonchev–Trinajstić information content (AvgIpc) is 2.90. The molecule has 6 heteroatoms. The first kappa shape index (κ1) is 23.1. The lowest BCUT2D eigenvalue weighted by Crippen LogP contribution is -2.26. The van der Waals surface area contributed by atoms with Crippen LogP contribution in [0.1, 0.15) is 12.0 Å². The summed E-state index contributed by atoms with van der Waals surface area (Å²) in [7, 11) is 1.63. The maximum Gasteiger partial charge on any atom is 0.232 e. The topological polar surface area (TPSA) is 66.2 Å². The highest BCUT2D eigenvalue weighted by Gasteiger charge is 2.18. The number of hydrogen-bond acceptors (Lipinski definition) is 5. The van der Waals surface area contributed by atoms with E-state index in [9.17, 15) is 10.1 Å². The van der Waals surface area contributed by atoms with Crippen molar-refractivity contribution in [3.63, 3.8) is 0 Å². The number of rotatable bonds is 8. The van der Waals surface area contributed by atoms with Gasteiger partial charge in [-0.15, -0.1) is 11.8 Å². The third kappa shape index (κ3) is 5.45. The third-order valence-corrected chi connectivity index (χ3v) is 6.19. The number of amides is 1. The minimum atomic E-state index is -0.0188. The molecule has 0 aliphatic heterocycles. The first-order chi connectivity index (χ1) is 16.7. The predicted molar refractivity (Wildman–Crippen MR) is 136 cm³/mol. The van der Waals surface area contributed by atoms with Crippen molar-refractivity contribution >= 4 is 29.0 Å². The Morgan fingerprint density at radius 2 is 1.53 bits per heavy atom. The second kappa shape index (κ2) is 11.2. The van der Waals surface area contributed by atoms with Gasteiger partial charge < -0.3 is 4.74 Å². The van der Waals surface area contributed by atoms with E-state index in [4.69, 9.17) is 9.72 Å². The van der Waals surface area contributed by atoms with Gasteiger partial charge in [-0.1, -0.05) is 36.4 Å². The number of benzene rings is 3. The van der Waals surface area contributed by atoms with Gasteiger partial charge in [0, 0.05) is 29.1 Å². The first-order valence-corrected chi connectivity index (χ1v) is 11.8. The molecule has 0 unspecified atom stereocenters. The molecule has 1 aromatic heterocycles. The first-order valence-electron chi connectivity index (χ1n) is 10.8.